The number of unbranched alkanes of at least 4 members (excludes halogenated alkanes) is 2. The Morgan fingerprint density at radius 1 is 1.04 bits per heavy atom. The van der Waals surface area contributed by atoms with E-state index in [-0.39, 0.29) is 23.3 Å². The molecule has 6 aliphatic rings. The first-order chi connectivity index (χ1) is 23.7. The van der Waals surface area contributed by atoms with Crippen LogP contribution < -0.4 is 5.32 Å². The lowest BCUT2D eigenvalue weighted by molar-refractivity contribution is -0.124. The fourth-order valence-electron chi connectivity index (χ4n) is 9.53. The molecule has 1 N–H and O–H groups in total. The second-order valence-electron chi connectivity index (χ2n) is 17.2. The van der Waals surface area contributed by atoms with Crippen molar-refractivity contribution < 1.29 is 14.3 Å². The van der Waals surface area contributed by atoms with Crippen LogP contribution in [0.15, 0.2) is 24.4 Å². The van der Waals surface area contributed by atoms with E-state index in [1.807, 2.05) is 6.92 Å². The number of rotatable bonds is 12. The van der Waals surface area contributed by atoms with Gasteiger partial charge in [-0.2, -0.15) is 0 Å². The van der Waals surface area contributed by atoms with E-state index in [1.165, 1.54) is 48.9 Å². The van der Waals surface area contributed by atoms with Crippen LogP contribution in [0.25, 0.3) is 11.3 Å². The molecule has 8 nitrogen and oxygen atoms in total. The van der Waals surface area contributed by atoms with Crippen LogP contribution in [0.5, 0.6) is 0 Å². The highest BCUT2D eigenvalue weighted by molar-refractivity contribution is 6.76. The van der Waals surface area contributed by atoms with E-state index in [4.69, 9.17) is 9.72 Å². The van der Waals surface area contributed by atoms with Gasteiger partial charge in [0.05, 0.1) is 17.9 Å². The number of nitrogens with one attached hydrogen (secondary N) is 1. The predicted molar refractivity (Wildman–Crippen MR) is 198 cm³/mol. The molecule has 9 heteroatoms. The van der Waals surface area contributed by atoms with Gasteiger partial charge in [-0.05, 0) is 107 Å². The number of hydrogen-bond acceptors (Lipinski definition) is 6. The van der Waals surface area contributed by atoms with E-state index in [9.17, 15) is 9.59 Å². The molecule has 2 aromatic rings. The van der Waals surface area contributed by atoms with Crippen LogP contribution >= 0.6 is 0 Å². The minimum absolute atomic E-state index is 0.107. The lowest BCUT2D eigenvalue weighted by Crippen LogP contribution is -2.38. The molecule has 1 saturated carbocycles. The zero-order valence-corrected chi connectivity index (χ0v) is 31.8. The summed E-state index contributed by atoms with van der Waals surface area (Å²) in [6.07, 6.45) is 15.2. The number of aromatic nitrogens is 2. The molecule has 1 aromatic carbocycles. The van der Waals surface area contributed by atoms with Crippen molar-refractivity contribution in [1.82, 2.24) is 24.7 Å². The summed E-state index contributed by atoms with van der Waals surface area (Å²) in [6.45, 7) is 14.9. The molecule has 1 aliphatic carbocycles. The molecule has 2 saturated heterocycles. The van der Waals surface area contributed by atoms with Crippen molar-refractivity contribution in [2.45, 2.75) is 141 Å². The number of ketones is 1. The maximum absolute atomic E-state index is 14.1. The van der Waals surface area contributed by atoms with E-state index in [1.54, 1.807) is 0 Å². The number of ether oxygens (including phenoxy) is 1. The fourth-order valence-corrected chi connectivity index (χ4v) is 10.3. The molecule has 6 heterocycles. The van der Waals surface area contributed by atoms with Gasteiger partial charge in [0.2, 0.25) is 5.91 Å². The van der Waals surface area contributed by atoms with Crippen molar-refractivity contribution in [3.63, 3.8) is 0 Å². The highest BCUT2D eigenvalue weighted by Crippen LogP contribution is 2.60. The number of piperidine rings is 1. The predicted octanol–water partition coefficient (Wildman–Crippen LogP) is 8.04. The summed E-state index contributed by atoms with van der Waals surface area (Å²) < 4.78 is 8.80. The van der Waals surface area contributed by atoms with Gasteiger partial charge in [-0.25, -0.2) is 4.98 Å². The van der Waals surface area contributed by atoms with Crippen LogP contribution in [0, 0.1) is 11.3 Å². The minimum Gasteiger partial charge on any atom is -0.361 e. The van der Waals surface area contributed by atoms with Gasteiger partial charge in [0.25, 0.3) is 0 Å². The highest BCUT2D eigenvalue weighted by Gasteiger charge is 2.58. The molecular weight excluding hydrogens is 627 g/mol. The Hall–Kier alpha value is -2.33. The van der Waals surface area contributed by atoms with Crippen LogP contribution in [-0.2, 0) is 21.1 Å². The average Bonchev–Trinajstić information content (AvgIpc) is 3.34. The number of carbonyl (C=O) groups is 2. The third-order valence-corrected chi connectivity index (χ3v) is 14.4. The van der Waals surface area contributed by atoms with Gasteiger partial charge in [0.15, 0.2) is 0 Å². The zero-order valence-electron chi connectivity index (χ0n) is 30.8. The quantitative estimate of drug-likeness (QED) is 0.180. The number of hydrogen-bond donors (Lipinski definition) is 1. The third-order valence-electron chi connectivity index (χ3n) is 12.7. The summed E-state index contributed by atoms with van der Waals surface area (Å²) in [4.78, 5) is 36.7. The summed E-state index contributed by atoms with van der Waals surface area (Å²) in [5, 5.41) is 3.57. The molecule has 3 unspecified atom stereocenters. The van der Waals surface area contributed by atoms with Crippen molar-refractivity contribution in [2.75, 3.05) is 32.8 Å². The van der Waals surface area contributed by atoms with E-state index < -0.39 is 8.07 Å². The van der Waals surface area contributed by atoms with Crippen LogP contribution in [0.2, 0.25) is 25.7 Å². The van der Waals surface area contributed by atoms with Gasteiger partial charge in [-0.3, -0.25) is 14.5 Å². The molecular formula is C40H61N5O3Si. The molecule has 0 radical (unpaired) electrons. The topological polar surface area (TPSA) is 79.7 Å². The monoisotopic (exact) mass is 687 g/mol. The summed E-state index contributed by atoms with van der Waals surface area (Å²) in [5.74, 6) is 1.57. The van der Waals surface area contributed by atoms with Crippen molar-refractivity contribution in [3.05, 3.63) is 41.3 Å². The third kappa shape index (κ3) is 7.51. The summed E-state index contributed by atoms with van der Waals surface area (Å²) in [5.41, 5.74) is 5.59. The van der Waals surface area contributed by atoms with Gasteiger partial charge in [-0.1, -0.05) is 57.6 Å². The number of carbonyl (C=O) groups excluding carboxylic acids is 2. The number of amides is 1. The number of fused-ring (bicyclic) bond motifs is 8. The summed E-state index contributed by atoms with van der Waals surface area (Å²) in [6, 6.07) is 8.82. The van der Waals surface area contributed by atoms with Crippen LogP contribution in [0.4, 0.5) is 0 Å². The largest absolute Gasteiger partial charge is 0.361 e. The average molecular weight is 688 g/mol. The first kappa shape index (κ1) is 35.1. The van der Waals surface area contributed by atoms with Crippen molar-refractivity contribution in [2.24, 2.45) is 11.3 Å². The molecule has 8 bridgehead atoms. The standard InChI is InChI=1S/C40H61N5O3Si/c1-5-29(46)12-7-6-8-15-33-38-41-27-36(45(38)28-48-24-25-49(2,3)4)31-14-11-13-30-34-16-17-35(37(30)31)44(34)21-10-9-20-43-22-18-40(19-23-43)26-32(40)39(47)42-33/h11,13-14,27,32-35H,5-10,12,15-26,28H2,1-4H3,(H,42,47)/t32-,33+,34?,35?/m1/s1. The Bertz CT molecular complexity index is 1490. The molecule has 5 aliphatic heterocycles. The first-order valence-electron chi connectivity index (χ1n) is 19.7. The SMILES string of the molecule is CCC(=O)CCCCC[C@@H]1NC(=O)[C@H]2CC23CCN(CCCCN2C4CCC2c2c(cccc24)-c2cnc1n2COCC[Si](C)(C)C)CC3. The normalized spacial score (nSPS) is 30.7. The van der Waals surface area contributed by atoms with Gasteiger partial charge in [0, 0.05) is 51.1 Å². The second-order valence-corrected chi connectivity index (χ2v) is 22.8. The lowest BCUT2D eigenvalue weighted by atomic mass is 9.87. The van der Waals surface area contributed by atoms with Crippen LogP contribution in [-0.4, -0.2) is 71.9 Å². The molecule has 1 aromatic heterocycles. The van der Waals surface area contributed by atoms with Crippen molar-refractivity contribution in [3.8, 4) is 11.3 Å². The maximum Gasteiger partial charge on any atom is 0.224 e. The number of benzene rings is 1. The Kier molecular flexibility index (Phi) is 10.5. The molecule has 268 valence electrons. The lowest BCUT2D eigenvalue weighted by Gasteiger charge is -2.33. The second kappa shape index (κ2) is 14.7. The molecule has 1 spiro atoms. The van der Waals surface area contributed by atoms with E-state index in [0.717, 1.165) is 88.7 Å². The highest BCUT2D eigenvalue weighted by atomic mass is 28.3. The minimum atomic E-state index is -1.25. The maximum atomic E-state index is 14.1. The van der Waals surface area contributed by atoms with Gasteiger partial charge in [0.1, 0.15) is 18.3 Å². The summed E-state index contributed by atoms with van der Waals surface area (Å²) in [7, 11) is -1.25. The Labute approximate surface area is 295 Å². The molecule has 3 fully saturated rings. The van der Waals surface area contributed by atoms with Crippen molar-refractivity contribution in [1.29, 1.82) is 0 Å². The number of imidazole rings is 1. The first-order valence-corrected chi connectivity index (χ1v) is 23.4. The van der Waals surface area contributed by atoms with Crippen LogP contribution in [0.3, 0.4) is 0 Å². The van der Waals surface area contributed by atoms with Crippen LogP contribution in [0.1, 0.15) is 125 Å². The van der Waals surface area contributed by atoms with E-state index in [0.29, 0.717) is 37.4 Å². The van der Waals surface area contributed by atoms with Gasteiger partial charge < -0.3 is 19.5 Å². The fraction of sp³-hybridized carbons (Fsp3) is 0.725. The molecule has 49 heavy (non-hydrogen) atoms. The Balaban J connectivity index is 1.22. The summed E-state index contributed by atoms with van der Waals surface area (Å²) >= 11 is 0. The number of Topliss-reactive ketones (excluding diaryl/α,β-unsaturated/α-hetero) is 1. The van der Waals surface area contributed by atoms with E-state index in [2.05, 4.69) is 63.7 Å². The number of nitrogens with zero attached hydrogens (tertiary/aromatic N) is 4. The molecule has 8 rings (SSSR count). The van der Waals surface area contributed by atoms with E-state index >= 15 is 0 Å². The van der Waals surface area contributed by atoms with Gasteiger partial charge in [-0.15, -0.1) is 0 Å². The Morgan fingerprint density at radius 3 is 2.63 bits per heavy atom. The zero-order chi connectivity index (χ0) is 34.2. The van der Waals surface area contributed by atoms with Gasteiger partial charge >= 0.3 is 0 Å². The Morgan fingerprint density at radius 2 is 1.84 bits per heavy atom. The molecule has 1 amide bonds. The molecule has 5 atom stereocenters. The van der Waals surface area contributed by atoms with Crippen molar-refractivity contribution >= 4 is 19.8 Å². The smallest absolute Gasteiger partial charge is 0.224 e.